The van der Waals surface area contributed by atoms with E-state index >= 15 is 4.39 Å². The molecule has 7 heteroatoms. The summed E-state index contributed by atoms with van der Waals surface area (Å²) in [5.41, 5.74) is 4.62. The minimum atomic E-state index is -0.338. The molecule has 2 aromatic carbocycles. The number of fused-ring (bicyclic) bond motifs is 1. The fourth-order valence-corrected chi connectivity index (χ4v) is 4.27. The minimum Gasteiger partial charge on any atom is -0.301 e. The third kappa shape index (κ3) is 3.67. The van der Waals surface area contributed by atoms with Crippen molar-refractivity contribution >= 4 is 29.5 Å². The zero-order valence-electron chi connectivity index (χ0n) is 18.9. The standard InChI is InChI=1S/C26H25F2N5/c1-14(2)19-11-17(7-9-21(19)27)23(29-4)13-33-15(3)31-25(16-5-6-16)26(33)18-8-10-22-20(24(18)28)12-30-32-22/h7-14,16H,4-6H2,1-3H3,(H,30,32)/b23-13-. The fourth-order valence-electron chi connectivity index (χ4n) is 4.27. The highest BCUT2D eigenvalue weighted by atomic mass is 19.1. The summed E-state index contributed by atoms with van der Waals surface area (Å²) in [5, 5.41) is 7.22. The predicted octanol–water partition coefficient (Wildman–Crippen LogP) is 6.67. The van der Waals surface area contributed by atoms with Crippen molar-refractivity contribution in [1.82, 2.24) is 19.7 Å². The number of H-pyrrole nitrogens is 1. The number of rotatable bonds is 6. The van der Waals surface area contributed by atoms with Crippen LogP contribution in [-0.4, -0.2) is 26.5 Å². The van der Waals surface area contributed by atoms with E-state index < -0.39 is 0 Å². The average molecular weight is 446 g/mol. The van der Waals surface area contributed by atoms with Crippen LogP contribution in [0.2, 0.25) is 0 Å². The lowest BCUT2D eigenvalue weighted by Gasteiger charge is -2.13. The maximum Gasteiger partial charge on any atom is 0.143 e. The molecule has 2 aromatic heterocycles. The van der Waals surface area contributed by atoms with E-state index in [-0.39, 0.29) is 17.6 Å². The molecule has 0 amide bonds. The van der Waals surface area contributed by atoms with Crippen molar-refractivity contribution in [1.29, 1.82) is 0 Å². The van der Waals surface area contributed by atoms with Crippen LogP contribution in [0.15, 0.2) is 41.5 Å². The molecule has 0 unspecified atom stereocenters. The summed E-state index contributed by atoms with van der Waals surface area (Å²) in [6.07, 6.45) is 5.37. The lowest BCUT2D eigenvalue weighted by Crippen LogP contribution is -2.00. The third-order valence-electron chi connectivity index (χ3n) is 6.23. The van der Waals surface area contributed by atoms with E-state index in [9.17, 15) is 4.39 Å². The maximum atomic E-state index is 15.6. The molecule has 0 radical (unpaired) electrons. The minimum absolute atomic E-state index is 0.0267. The lowest BCUT2D eigenvalue weighted by atomic mass is 9.99. The molecule has 0 aliphatic heterocycles. The van der Waals surface area contributed by atoms with Gasteiger partial charge in [0.2, 0.25) is 0 Å². The average Bonchev–Trinajstić information content (AvgIpc) is 3.43. The Morgan fingerprint density at radius 1 is 1.24 bits per heavy atom. The summed E-state index contributed by atoms with van der Waals surface area (Å²) >= 11 is 0. The Labute approximate surface area is 190 Å². The van der Waals surface area contributed by atoms with Gasteiger partial charge in [-0.15, -0.1) is 0 Å². The molecule has 1 N–H and O–H groups in total. The maximum absolute atomic E-state index is 15.6. The van der Waals surface area contributed by atoms with Gasteiger partial charge in [-0.25, -0.2) is 13.8 Å². The van der Waals surface area contributed by atoms with Gasteiger partial charge in [0.15, 0.2) is 0 Å². The van der Waals surface area contributed by atoms with E-state index in [0.29, 0.717) is 39.3 Å². The molecule has 1 fully saturated rings. The van der Waals surface area contributed by atoms with Gasteiger partial charge in [0.1, 0.15) is 17.5 Å². The molecule has 0 bridgehead atoms. The van der Waals surface area contributed by atoms with Crippen LogP contribution < -0.4 is 0 Å². The zero-order valence-corrected chi connectivity index (χ0v) is 18.9. The quantitative estimate of drug-likeness (QED) is 0.337. The summed E-state index contributed by atoms with van der Waals surface area (Å²) in [4.78, 5) is 9.03. The summed E-state index contributed by atoms with van der Waals surface area (Å²) in [6.45, 7) is 9.52. The molecule has 0 spiro atoms. The van der Waals surface area contributed by atoms with Crippen LogP contribution in [0.4, 0.5) is 8.78 Å². The molecule has 33 heavy (non-hydrogen) atoms. The topological polar surface area (TPSA) is 58.9 Å². The SMILES string of the molecule is C=N/C(=C\n1c(C)nc(C2CC2)c1-c1ccc2[nH]ncc2c1F)c1ccc(F)c(C(C)C)c1. The Morgan fingerprint density at radius 2 is 2.03 bits per heavy atom. The van der Waals surface area contributed by atoms with Gasteiger partial charge in [0.25, 0.3) is 0 Å². The normalized spacial score (nSPS) is 14.4. The fraction of sp³-hybridized carbons (Fsp3) is 0.269. The van der Waals surface area contributed by atoms with E-state index in [1.165, 1.54) is 12.3 Å². The van der Waals surface area contributed by atoms with Crippen molar-refractivity contribution in [2.45, 2.75) is 45.4 Å². The first kappa shape index (κ1) is 21.2. The second-order valence-corrected chi connectivity index (χ2v) is 8.86. The molecule has 1 aliphatic carbocycles. The van der Waals surface area contributed by atoms with E-state index in [2.05, 4.69) is 21.9 Å². The van der Waals surface area contributed by atoms with E-state index in [1.54, 1.807) is 18.2 Å². The van der Waals surface area contributed by atoms with Crippen LogP contribution in [0, 0.1) is 18.6 Å². The van der Waals surface area contributed by atoms with Gasteiger partial charge < -0.3 is 4.57 Å². The molecule has 5 nitrogen and oxygen atoms in total. The number of aromatic nitrogens is 4. The van der Waals surface area contributed by atoms with Gasteiger partial charge in [-0.2, -0.15) is 5.10 Å². The Hall–Kier alpha value is -3.61. The number of halogens is 2. The van der Waals surface area contributed by atoms with Crippen LogP contribution in [-0.2, 0) is 0 Å². The van der Waals surface area contributed by atoms with Crippen LogP contribution in [0.5, 0.6) is 0 Å². The Kier molecular flexibility index (Phi) is 5.19. The van der Waals surface area contributed by atoms with Crippen molar-refractivity contribution < 1.29 is 8.78 Å². The van der Waals surface area contributed by atoms with Crippen molar-refractivity contribution in [2.75, 3.05) is 0 Å². The molecule has 0 saturated heterocycles. The molecule has 5 rings (SSSR count). The summed E-state index contributed by atoms with van der Waals surface area (Å²) in [6, 6.07) is 8.53. The van der Waals surface area contributed by atoms with Crippen molar-refractivity contribution in [3.05, 3.63) is 70.8 Å². The van der Waals surface area contributed by atoms with Gasteiger partial charge in [-0.3, -0.25) is 10.1 Å². The zero-order chi connectivity index (χ0) is 23.3. The van der Waals surface area contributed by atoms with Crippen LogP contribution >= 0.6 is 0 Å². The Balaban J connectivity index is 1.71. The number of nitrogens with zero attached hydrogens (tertiary/aromatic N) is 4. The van der Waals surface area contributed by atoms with Crippen molar-refractivity contribution in [2.24, 2.45) is 4.99 Å². The first-order valence-corrected chi connectivity index (χ1v) is 11.1. The Bertz CT molecular complexity index is 1410. The third-order valence-corrected chi connectivity index (χ3v) is 6.23. The van der Waals surface area contributed by atoms with Crippen LogP contribution in [0.1, 0.15) is 61.2 Å². The Morgan fingerprint density at radius 3 is 2.73 bits per heavy atom. The monoisotopic (exact) mass is 445 g/mol. The van der Waals surface area contributed by atoms with Crippen molar-refractivity contribution in [3.63, 3.8) is 0 Å². The number of nitrogens with one attached hydrogen (secondary N) is 1. The predicted molar refractivity (Wildman–Crippen MR) is 128 cm³/mol. The second kappa shape index (κ2) is 8.06. The molecule has 168 valence electrons. The van der Waals surface area contributed by atoms with E-state index in [4.69, 9.17) is 4.98 Å². The number of aromatic amines is 1. The first-order chi connectivity index (χ1) is 15.9. The molecule has 4 aromatic rings. The van der Waals surface area contributed by atoms with E-state index in [1.807, 2.05) is 37.6 Å². The summed E-state index contributed by atoms with van der Waals surface area (Å²) in [7, 11) is 0. The number of aryl methyl sites for hydroxylation is 1. The number of benzene rings is 2. The summed E-state index contributed by atoms with van der Waals surface area (Å²) in [5.74, 6) is 0.480. The van der Waals surface area contributed by atoms with Gasteiger partial charge in [-0.1, -0.05) is 13.8 Å². The molecule has 1 aliphatic rings. The molecule has 2 heterocycles. The van der Waals surface area contributed by atoms with Crippen molar-refractivity contribution in [3.8, 4) is 11.3 Å². The second-order valence-electron chi connectivity index (χ2n) is 8.86. The molecule has 0 atom stereocenters. The molecular formula is C26H25F2N5. The van der Waals surface area contributed by atoms with Gasteiger partial charge in [-0.05, 0) is 68.3 Å². The smallest absolute Gasteiger partial charge is 0.143 e. The number of aliphatic imine (C=N–C) groups is 1. The summed E-state index contributed by atoms with van der Waals surface area (Å²) < 4.78 is 31.7. The first-order valence-electron chi connectivity index (χ1n) is 11.1. The lowest BCUT2D eigenvalue weighted by molar-refractivity contribution is 0.598. The van der Waals surface area contributed by atoms with Gasteiger partial charge >= 0.3 is 0 Å². The van der Waals surface area contributed by atoms with Gasteiger partial charge in [0.05, 0.1) is 34.2 Å². The molecule has 1 saturated carbocycles. The van der Waals surface area contributed by atoms with E-state index in [0.717, 1.165) is 29.9 Å². The largest absolute Gasteiger partial charge is 0.301 e. The van der Waals surface area contributed by atoms with Gasteiger partial charge in [0, 0.05) is 23.2 Å². The number of hydrogen-bond donors (Lipinski definition) is 1. The van der Waals surface area contributed by atoms with Crippen LogP contribution in [0.3, 0.4) is 0 Å². The number of hydrogen-bond acceptors (Lipinski definition) is 3. The highest BCUT2D eigenvalue weighted by Crippen LogP contribution is 2.45. The number of imidazole rings is 1. The highest BCUT2D eigenvalue weighted by molar-refractivity contribution is 5.86. The highest BCUT2D eigenvalue weighted by Gasteiger charge is 2.32. The van der Waals surface area contributed by atoms with Crippen LogP contribution in [0.25, 0.3) is 34.1 Å². The molecular weight excluding hydrogens is 420 g/mol.